The van der Waals surface area contributed by atoms with Crippen molar-refractivity contribution in [3.8, 4) is 0 Å². The fraction of sp³-hybridized carbons (Fsp3) is 0.333. The van der Waals surface area contributed by atoms with Crippen LogP contribution in [0.15, 0.2) is 47.1 Å². The Morgan fingerprint density at radius 2 is 2.00 bits per heavy atom. The predicted molar refractivity (Wildman–Crippen MR) is 102 cm³/mol. The number of aromatic amines is 1. The van der Waals surface area contributed by atoms with Gasteiger partial charge in [0.25, 0.3) is 5.91 Å². The quantitative estimate of drug-likeness (QED) is 0.746. The van der Waals surface area contributed by atoms with Gasteiger partial charge in [-0.2, -0.15) is 0 Å². The summed E-state index contributed by atoms with van der Waals surface area (Å²) in [6, 6.07) is 10.8. The number of carbonyl (C=O) groups is 2. The van der Waals surface area contributed by atoms with Crippen LogP contribution in [0.25, 0.3) is 10.9 Å². The molecule has 0 aliphatic carbocycles. The second-order valence-electron chi connectivity index (χ2n) is 7.31. The number of H-pyrrole nitrogens is 1. The van der Waals surface area contributed by atoms with Crippen molar-refractivity contribution in [2.24, 2.45) is 5.92 Å². The minimum Gasteiger partial charge on any atom is -0.459 e. The Labute approximate surface area is 157 Å². The first kappa shape index (κ1) is 17.4. The van der Waals surface area contributed by atoms with Crippen LogP contribution in [0.5, 0.6) is 0 Å². The third kappa shape index (κ3) is 3.23. The van der Waals surface area contributed by atoms with E-state index in [0.717, 1.165) is 17.3 Å². The minimum absolute atomic E-state index is 0.0271. The van der Waals surface area contributed by atoms with Crippen molar-refractivity contribution < 1.29 is 14.0 Å². The van der Waals surface area contributed by atoms with Gasteiger partial charge in [-0.3, -0.25) is 9.59 Å². The highest BCUT2D eigenvalue weighted by molar-refractivity contribution is 5.96. The van der Waals surface area contributed by atoms with Gasteiger partial charge in [0.15, 0.2) is 5.76 Å². The molecule has 1 unspecified atom stereocenters. The monoisotopic (exact) mass is 365 g/mol. The number of hydrogen-bond donors (Lipinski definition) is 2. The molecule has 3 heterocycles. The maximum absolute atomic E-state index is 13.2. The SMILES string of the molecule is CC(C)C(NC(=O)c1ccco1)C(=O)N1CCc2[nH]c3ccccc3c2C1. The van der Waals surface area contributed by atoms with Gasteiger partial charge in [-0.05, 0) is 24.1 Å². The Morgan fingerprint density at radius 3 is 2.74 bits per heavy atom. The molecule has 6 heteroatoms. The highest BCUT2D eigenvalue weighted by Crippen LogP contribution is 2.28. The zero-order valence-corrected chi connectivity index (χ0v) is 15.5. The molecule has 1 aliphatic heterocycles. The van der Waals surface area contributed by atoms with Gasteiger partial charge >= 0.3 is 0 Å². The van der Waals surface area contributed by atoms with Crippen LogP contribution >= 0.6 is 0 Å². The van der Waals surface area contributed by atoms with Crippen molar-refractivity contribution >= 4 is 22.7 Å². The van der Waals surface area contributed by atoms with E-state index in [4.69, 9.17) is 4.42 Å². The van der Waals surface area contributed by atoms with E-state index in [1.165, 1.54) is 17.5 Å². The molecule has 1 aromatic carbocycles. The molecule has 140 valence electrons. The third-order valence-electron chi connectivity index (χ3n) is 5.16. The number of fused-ring (bicyclic) bond motifs is 3. The van der Waals surface area contributed by atoms with E-state index in [1.54, 1.807) is 12.1 Å². The van der Waals surface area contributed by atoms with Gasteiger partial charge in [-0.15, -0.1) is 0 Å². The molecule has 0 bridgehead atoms. The molecule has 0 fully saturated rings. The van der Waals surface area contributed by atoms with E-state index in [9.17, 15) is 9.59 Å². The lowest BCUT2D eigenvalue weighted by Crippen LogP contribution is -2.52. The standard InChI is InChI=1S/C21H23N3O3/c1-13(2)19(23-20(25)18-8-5-11-27-18)21(26)24-10-9-17-15(12-24)14-6-3-4-7-16(14)22-17/h3-8,11,13,19,22H,9-10,12H2,1-2H3,(H,23,25). The number of nitrogens with zero attached hydrogens (tertiary/aromatic N) is 1. The number of benzene rings is 1. The number of para-hydroxylation sites is 1. The van der Waals surface area contributed by atoms with E-state index in [1.807, 2.05) is 30.9 Å². The molecule has 1 aliphatic rings. The van der Waals surface area contributed by atoms with Crippen molar-refractivity contribution in [1.29, 1.82) is 0 Å². The van der Waals surface area contributed by atoms with Gasteiger partial charge in [0.05, 0.1) is 6.26 Å². The smallest absolute Gasteiger partial charge is 0.287 e. The van der Waals surface area contributed by atoms with Crippen molar-refractivity contribution in [2.45, 2.75) is 32.9 Å². The Bertz CT molecular complexity index is 972. The molecule has 3 aromatic rings. The zero-order valence-electron chi connectivity index (χ0n) is 15.5. The summed E-state index contributed by atoms with van der Waals surface area (Å²) in [7, 11) is 0. The first-order valence-corrected chi connectivity index (χ1v) is 9.26. The topological polar surface area (TPSA) is 78.3 Å². The zero-order chi connectivity index (χ0) is 19.0. The molecular formula is C21H23N3O3. The van der Waals surface area contributed by atoms with Gasteiger partial charge in [0.2, 0.25) is 5.91 Å². The summed E-state index contributed by atoms with van der Waals surface area (Å²) in [5.41, 5.74) is 3.47. The Morgan fingerprint density at radius 1 is 1.19 bits per heavy atom. The summed E-state index contributed by atoms with van der Waals surface area (Å²) < 4.78 is 5.14. The molecule has 2 aromatic heterocycles. The fourth-order valence-electron chi connectivity index (χ4n) is 3.68. The van der Waals surface area contributed by atoms with E-state index < -0.39 is 6.04 Å². The Hall–Kier alpha value is -3.02. The third-order valence-corrected chi connectivity index (χ3v) is 5.16. The molecule has 0 saturated heterocycles. The molecule has 2 N–H and O–H groups in total. The number of furan rings is 1. The minimum atomic E-state index is -0.589. The summed E-state index contributed by atoms with van der Waals surface area (Å²) in [5, 5.41) is 4.00. The maximum atomic E-state index is 13.2. The first-order chi connectivity index (χ1) is 13.0. The van der Waals surface area contributed by atoms with Crippen LogP contribution in [-0.2, 0) is 17.8 Å². The highest BCUT2D eigenvalue weighted by atomic mass is 16.3. The highest BCUT2D eigenvalue weighted by Gasteiger charge is 2.32. The number of nitrogens with one attached hydrogen (secondary N) is 2. The van der Waals surface area contributed by atoms with Gasteiger partial charge in [0.1, 0.15) is 6.04 Å². The van der Waals surface area contributed by atoms with Crippen molar-refractivity contribution in [1.82, 2.24) is 15.2 Å². The van der Waals surface area contributed by atoms with Crippen molar-refractivity contribution in [3.05, 3.63) is 59.7 Å². The molecule has 2 amide bonds. The molecular weight excluding hydrogens is 342 g/mol. The summed E-state index contributed by atoms with van der Waals surface area (Å²) in [4.78, 5) is 30.8. The lowest BCUT2D eigenvalue weighted by atomic mass is 9.99. The van der Waals surface area contributed by atoms with Crippen LogP contribution < -0.4 is 5.32 Å². The van der Waals surface area contributed by atoms with E-state index in [-0.39, 0.29) is 23.5 Å². The largest absolute Gasteiger partial charge is 0.459 e. The number of aromatic nitrogens is 1. The second-order valence-corrected chi connectivity index (χ2v) is 7.31. The lowest BCUT2D eigenvalue weighted by Gasteiger charge is -2.32. The van der Waals surface area contributed by atoms with E-state index in [0.29, 0.717) is 13.1 Å². The molecule has 27 heavy (non-hydrogen) atoms. The van der Waals surface area contributed by atoms with Crippen LogP contribution in [0.2, 0.25) is 0 Å². The van der Waals surface area contributed by atoms with Gasteiger partial charge in [-0.1, -0.05) is 32.0 Å². The van der Waals surface area contributed by atoms with Gasteiger partial charge < -0.3 is 19.6 Å². The fourth-order valence-corrected chi connectivity index (χ4v) is 3.68. The van der Waals surface area contributed by atoms with Gasteiger partial charge in [-0.25, -0.2) is 0 Å². The number of amides is 2. The average molecular weight is 365 g/mol. The normalized spacial score (nSPS) is 15.0. The number of hydrogen-bond acceptors (Lipinski definition) is 3. The van der Waals surface area contributed by atoms with Crippen LogP contribution in [0.3, 0.4) is 0 Å². The Balaban J connectivity index is 1.54. The average Bonchev–Trinajstić information content (AvgIpc) is 3.32. The molecule has 0 spiro atoms. The Kier molecular flexibility index (Phi) is 4.48. The molecule has 6 nitrogen and oxygen atoms in total. The first-order valence-electron chi connectivity index (χ1n) is 9.26. The van der Waals surface area contributed by atoms with Crippen LogP contribution in [-0.4, -0.2) is 34.3 Å². The summed E-state index contributed by atoms with van der Waals surface area (Å²) in [6.07, 6.45) is 2.23. The molecule has 4 rings (SSSR count). The summed E-state index contributed by atoms with van der Waals surface area (Å²) in [5.74, 6) is -0.232. The van der Waals surface area contributed by atoms with Crippen molar-refractivity contribution in [2.75, 3.05) is 6.54 Å². The second kappa shape index (κ2) is 6.95. The van der Waals surface area contributed by atoms with Crippen LogP contribution in [0.1, 0.15) is 35.7 Å². The summed E-state index contributed by atoms with van der Waals surface area (Å²) >= 11 is 0. The number of carbonyl (C=O) groups excluding carboxylic acids is 2. The molecule has 0 saturated carbocycles. The maximum Gasteiger partial charge on any atom is 0.287 e. The molecule has 1 atom stereocenters. The van der Waals surface area contributed by atoms with E-state index >= 15 is 0 Å². The van der Waals surface area contributed by atoms with Gasteiger partial charge in [0, 0.05) is 41.7 Å². The van der Waals surface area contributed by atoms with E-state index in [2.05, 4.69) is 22.4 Å². The lowest BCUT2D eigenvalue weighted by molar-refractivity contribution is -0.135. The van der Waals surface area contributed by atoms with Crippen molar-refractivity contribution in [3.63, 3.8) is 0 Å². The number of rotatable bonds is 4. The predicted octanol–water partition coefficient (Wildman–Crippen LogP) is 3.10. The van der Waals surface area contributed by atoms with Crippen LogP contribution in [0.4, 0.5) is 0 Å². The molecule has 0 radical (unpaired) electrons. The summed E-state index contributed by atoms with van der Waals surface area (Å²) in [6.45, 7) is 5.06. The van der Waals surface area contributed by atoms with Crippen LogP contribution in [0, 0.1) is 5.92 Å².